The van der Waals surface area contributed by atoms with Crippen molar-refractivity contribution in [1.29, 1.82) is 0 Å². The van der Waals surface area contributed by atoms with Crippen molar-refractivity contribution >= 4 is 5.97 Å². The van der Waals surface area contributed by atoms with Crippen molar-refractivity contribution in [2.24, 2.45) is 5.92 Å². The van der Waals surface area contributed by atoms with Crippen LogP contribution in [0.4, 0.5) is 0 Å². The van der Waals surface area contributed by atoms with Crippen molar-refractivity contribution < 1.29 is 9.90 Å². The van der Waals surface area contributed by atoms with Crippen molar-refractivity contribution in [3.8, 4) is 0 Å². The highest BCUT2D eigenvalue weighted by Crippen LogP contribution is 2.15. The van der Waals surface area contributed by atoms with Gasteiger partial charge in [-0.15, -0.1) is 0 Å². The third-order valence-corrected chi connectivity index (χ3v) is 3.41. The van der Waals surface area contributed by atoms with Crippen molar-refractivity contribution in [3.63, 3.8) is 0 Å². The van der Waals surface area contributed by atoms with Crippen LogP contribution in [0.2, 0.25) is 0 Å². The summed E-state index contributed by atoms with van der Waals surface area (Å²) in [6.45, 7) is 8.27. The monoisotopic (exact) mass is 242 g/mol. The number of piperidine rings is 1. The second kappa shape index (κ2) is 7.67. The Bertz CT molecular complexity index is 233. The largest absolute Gasteiger partial charge is 0.480 e. The Balaban J connectivity index is 2.27. The van der Waals surface area contributed by atoms with E-state index in [-0.39, 0.29) is 6.04 Å². The van der Waals surface area contributed by atoms with Crippen LogP contribution in [0, 0.1) is 5.92 Å². The molecule has 1 aliphatic heterocycles. The van der Waals surface area contributed by atoms with E-state index in [0.29, 0.717) is 6.42 Å². The maximum atomic E-state index is 11.1. The van der Waals surface area contributed by atoms with E-state index >= 15 is 0 Å². The Morgan fingerprint density at radius 3 is 2.94 bits per heavy atom. The van der Waals surface area contributed by atoms with Crippen molar-refractivity contribution in [3.05, 3.63) is 0 Å². The van der Waals surface area contributed by atoms with Gasteiger partial charge in [0, 0.05) is 13.1 Å². The summed E-state index contributed by atoms with van der Waals surface area (Å²) >= 11 is 0. The summed E-state index contributed by atoms with van der Waals surface area (Å²) in [4.78, 5) is 13.5. The molecule has 1 aliphatic rings. The van der Waals surface area contributed by atoms with Gasteiger partial charge in [0.1, 0.15) is 6.04 Å². The number of hydrogen-bond donors (Lipinski definition) is 2. The van der Waals surface area contributed by atoms with Gasteiger partial charge in [0.25, 0.3) is 0 Å². The number of carbonyl (C=O) groups is 1. The first-order valence-corrected chi connectivity index (χ1v) is 6.82. The normalized spacial score (nSPS) is 23.5. The second-order valence-electron chi connectivity index (χ2n) is 5.18. The van der Waals surface area contributed by atoms with Crippen LogP contribution in [0.25, 0.3) is 0 Å². The number of carboxylic acid groups (broad SMARTS) is 1. The van der Waals surface area contributed by atoms with E-state index in [9.17, 15) is 4.79 Å². The molecule has 0 amide bonds. The molecule has 1 rings (SSSR count). The average molecular weight is 242 g/mol. The molecule has 0 spiro atoms. The smallest absolute Gasteiger partial charge is 0.320 e. The van der Waals surface area contributed by atoms with Crippen LogP contribution in [-0.2, 0) is 4.79 Å². The predicted molar refractivity (Wildman–Crippen MR) is 69.2 cm³/mol. The van der Waals surface area contributed by atoms with Gasteiger partial charge in [-0.3, -0.25) is 4.79 Å². The molecule has 0 aromatic carbocycles. The molecule has 0 aromatic heterocycles. The average Bonchev–Trinajstić information content (AvgIpc) is 2.28. The van der Waals surface area contributed by atoms with E-state index in [1.165, 1.54) is 12.8 Å². The van der Waals surface area contributed by atoms with E-state index in [0.717, 1.165) is 38.5 Å². The lowest BCUT2D eigenvalue weighted by Gasteiger charge is -2.31. The van der Waals surface area contributed by atoms with Crippen LogP contribution < -0.4 is 5.32 Å². The molecular weight excluding hydrogens is 216 g/mol. The van der Waals surface area contributed by atoms with Crippen LogP contribution in [0.15, 0.2) is 0 Å². The summed E-state index contributed by atoms with van der Waals surface area (Å²) in [5.41, 5.74) is 0. The summed E-state index contributed by atoms with van der Waals surface area (Å²) < 4.78 is 0. The minimum atomic E-state index is -0.719. The fourth-order valence-electron chi connectivity index (χ4n) is 2.43. The fourth-order valence-corrected chi connectivity index (χ4v) is 2.43. The first-order valence-electron chi connectivity index (χ1n) is 6.82. The molecule has 1 saturated heterocycles. The molecule has 2 N–H and O–H groups in total. The maximum absolute atomic E-state index is 11.1. The van der Waals surface area contributed by atoms with Gasteiger partial charge in [-0.1, -0.05) is 13.8 Å². The molecule has 17 heavy (non-hydrogen) atoms. The van der Waals surface area contributed by atoms with Crippen LogP contribution in [-0.4, -0.2) is 48.2 Å². The highest BCUT2D eigenvalue weighted by molar-refractivity contribution is 5.73. The van der Waals surface area contributed by atoms with Gasteiger partial charge in [-0.2, -0.15) is 0 Å². The lowest BCUT2D eigenvalue weighted by molar-refractivity contribution is -0.139. The number of aliphatic carboxylic acids is 1. The van der Waals surface area contributed by atoms with Crippen molar-refractivity contribution in [1.82, 2.24) is 10.2 Å². The Morgan fingerprint density at radius 2 is 2.35 bits per heavy atom. The molecule has 1 heterocycles. The number of carboxylic acids is 1. The Morgan fingerprint density at radius 1 is 1.59 bits per heavy atom. The molecule has 4 nitrogen and oxygen atoms in total. The summed E-state index contributed by atoms with van der Waals surface area (Å²) in [5, 5.41) is 12.2. The van der Waals surface area contributed by atoms with E-state index < -0.39 is 5.97 Å². The molecule has 4 heteroatoms. The maximum Gasteiger partial charge on any atom is 0.320 e. The van der Waals surface area contributed by atoms with Gasteiger partial charge >= 0.3 is 5.97 Å². The highest BCUT2D eigenvalue weighted by atomic mass is 16.4. The SMILES string of the molecule is CCCNC(CCN1CCCC(C)C1)C(=O)O. The first kappa shape index (κ1) is 14.5. The Kier molecular flexibility index (Phi) is 6.52. The molecular formula is C13H26N2O2. The van der Waals surface area contributed by atoms with E-state index in [1.807, 2.05) is 0 Å². The first-order chi connectivity index (χ1) is 8.13. The van der Waals surface area contributed by atoms with Gasteiger partial charge in [-0.05, 0) is 44.7 Å². The number of hydrogen-bond acceptors (Lipinski definition) is 3. The summed E-state index contributed by atoms with van der Waals surface area (Å²) in [6, 6.07) is -0.382. The Labute approximate surface area is 104 Å². The van der Waals surface area contributed by atoms with Gasteiger partial charge in [0.2, 0.25) is 0 Å². The van der Waals surface area contributed by atoms with Gasteiger partial charge < -0.3 is 15.3 Å². The van der Waals surface area contributed by atoms with E-state index in [2.05, 4.69) is 24.1 Å². The molecule has 0 aliphatic carbocycles. The van der Waals surface area contributed by atoms with Crippen molar-refractivity contribution in [2.45, 2.75) is 45.6 Å². The molecule has 0 saturated carbocycles. The minimum Gasteiger partial charge on any atom is -0.480 e. The van der Waals surface area contributed by atoms with Gasteiger partial charge in [0.05, 0.1) is 0 Å². The number of nitrogens with zero attached hydrogens (tertiary/aromatic N) is 1. The van der Waals surface area contributed by atoms with Gasteiger partial charge in [-0.25, -0.2) is 0 Å². The summed E-state index contributed by atoms with van der Waals surface area (Å²) in [7, 11) is 0. The van der Waals surface area contributed by atoms with Gasteiger partial charge in [0.15, 0.2) is 0 Å². The van der Waals surface area contributed by atoms with Crippen molar-refractivity contribution in [2.75, 3.05) is 26.2 Å². The molecule has 2 unspecified atom stereocenters. The topological polar surface area (TPSA) is 52.6 Å². The molecule has 0 radical (unpaired) electrons. The molecule has 0 aromatic rings. The second-order valence-corrected chi connectivity index (χ2v) is 5.18. The standard InChI is InChI=1S/C13H26N2O2/c1-3-7-14-12(13(16)17)6-9-15-8-4-5-11(2)10-15/h11-12,14H,3-10H2,1-2H3,(H,16,17). The zero-order valence-electron chi connectivity index (χ0n) is 11.1. The molecule has 1 fully saturated rings. The lowest BCUT2D eigenvalue weighted by atomic mass is 10.00. The zero-order chi connectivity index (χ0) is 12.7. The third-order valence-electron chi connectivity index (χ3n) is 3.41. The van der Waals surface area contributed by atoms with Crippen LogP contribution in [0.3, 0.4) is 0 Å². The number of nitrogens with one attached hydrogen (secondary N) is 1. The molecule has 100 valence electrons. The van der Waals surface area contributed by atoms with Crippen LogP contribution in [0.1, 0.15) is 39.5 Å². The predicted octanol–water partition coefficient (Wildman–Crippen LogP) is 1.56. The summed E-state index contributed by atoms with van der Waals surface area (Å²) in [6.07, 6.45) is 4.25. The van der Waals surface area contributed by atoms with E-state index in [1.54, 1.807) is 0 Å². The fraction of sp³-hybridized carbons (Fsp3) is 0.923. The van der Waals surface area contributed by atoms with Crippen LogP contribution in [0.5, 0.6) is 0 Å². The molecule has 2 atom stereocenters. The summed E-state index contributed by atoms with van der Waals surface area (Å²) in [5.74, 6) is 0.0409. The third kappa shape index (κ3) is 5.50. The number of rotatable bonds is 7. The van der Waals surface area contributed by atoms with E-state index in [4.69, 9.17) is 5.11 Å². The zero-order valence-corrected chi connectivity index (χ0v) is 11.1. The minimum absolute atomic E-state index is 0.382. The van der Waals surface area contributed by atoms with Crippen LogP contribution >= 0.6 is 0 Å². The Hall–Kier alpha value is -0.610. The highest BCUT2D eigenvalue weighted by Gasteiger charge is 2.20. The molecule has 0 bridgehead atoms. The quantitative estimate of drug-likeness (QED) is 0.711. The lowest BCUT2D eigenvalue weighted by Crippen LogP contribution is -2.42. The number of likely N-dealkylation sites (tertiary alicyclic amines) is 1.